The van der Waals surface area contributed by atoms with Gasteiger partial charge in [0.1, 0.15) is 0 Å². The summed E-state index contributed by atoms with van der Waals surface area (Å²) in [6.07, 6.45) is 1.15. The van der Waals surface area contributed by atoms with Crippen molar-refractivity contribution in [1.82, 2.24) is 0 Å². The Hall–Kier alpha value is -1.41. The zero-order valence-corrected chi connectivity index (χ0v) is 15.2. The van der Waals surface area contributed by atoms with E-state index in [1.54, 1.807) is 0 Å². The molecule has 2 aromatic rings. The Morgan fingerprint density at radius 1 is 0.727 bits per heavy atom. The molecule has 0 aliphatic heterocycles. The molecule has 0 spiro atoms. The van der Waals surface area contributed by atoms with Gasteiger partial charge in [-0.05, 0) is 61.9 Å². The van der Waals surface area contributed by atoms with E-state index in [1.165, 1.54) is 11.4 Å². The lowest BCUT2D eigenvalue weighted by atomic mass is 9.86. The van der Waals surface area contributed by atoms with Crippen LogP contribution in [0.15, 0.2) is 60.7 Å². The maximum atomic E-state index is 2.35. The molecule has 0 saturated heterocycles. The molecule has 0 aromatic heterocycles. The molecule has 22 heavy (non-hydrogen) atoms. The fraction of sp³-hybridized carbons (Fsp3) is 0.400. The molecule has 0 fully saturated rings. The van der Waals surface area contributed by atoms with E-state index in [9.17, 15) is 0 Å². The van der Waals surface area contributed by atoms with Gasteiger partial charge in [0.2, 0.25) is 0 Å². The molecule has 118 valence electrons. The quantitative estimate of drug-likeness (QED) is 0.566. The third-order valence-electron chi connectivity index (χ3n) is 3.28. The molecule has 0 aliphatic carbocycles. The molecule has 0 radical (unpaired) electrons. The van der Waals surface area contributed by atoms with Crippen molar-refractivity contribution in [2.45, 2.75) is 45.8 Å². The predicted molar refractivity (Wildman–Crippen MR) is 101 cm³/mol. The lowest BCUT2D eigenvalue weighted by Gasteiger charge is -2.36. The smallest absolute Gasteiger partial charge is 0.0525 e. The number of benzene rings is 2. The maximum absolute atomic E-state index is 2.35. The van der Waals surface area contributed by atoms with Crippen LogP contribution in [0.3, 0.4) is 0 Å². The molecule has 0 N–H and O–H groups in total. The van der Waals surface area contributed by atoms with Gasteiger partial charge in [0, 0.05) is 4.75 Å². The minimum atomic E-state index is 0.157. The molecule has 2 heteroatoms. The summed E-state index contributed by atoms with van der Waals surface area (Å²) in [6, 6.07) is 21.2. The van der Waals surface area contributed by atoms with Crippen molar-refractivity contribution in [3.05, 3.63) is 60.7 Å². The summed E-state index contributed by atoms with van der Waals surface area (Å²) in [5, 5.41) is 0. The van der Waals surface area contributed by atoms with E-state index in [2.05, 4.69) is 99.6 Å². The average molecular weight is 314 g/mol. The van der Waals surface area contributed by atoms with Crippen molar-refractivity contribution in [3.8, 4) is 0 Å². The molecular formula is C20H27NS. The van der Waals surface area contributed by atoms with E-state index in [1.807, 2.05) is 11.9 Å². The molecule has 0 aliphatic rings. The highest BCUT2D eigenvalue weighted by Crippen LogP contribution is 2.43. The van der Waals surface area contributed by atoms with Crippen LogP contribution < -0.4 is 4.31 Å². The lowest BCUT2D eigenvalue weighted by molar-refractivity contribution is 0.339. The topological polar surface area (TPSA) is 3.24 Å². The van der Waals surface area contributed by atoms with Crippen LogP contribution >= 0.6 is 11.9 Å². The molecule has 2 aromatic carbocycles. The van der Waals surface area contributed by atoms with Gasteiger partial charge in [0.05, 0.1) is 11.4 Å². The standard InChI is InChI=1S/C20H27NS/c1-19(2,3)16-20(4,5)22-21(17-12-8-6-9-13-17)18-14-10-7-11-15-18/h6-15H,16H2,1-5H3. The Morgan fingerprint density at radius 3 is 1.50 bits per heavy atom. The summed E-state index contributed by atoms with van der Waals surface area (Å²) in [6.45, 7) is 11.6. The van der Waals surface area contributed by atoms with Crippen LogP contribution in [-0.2, 0) is 0 Å². The van der Waals surface area contributed by atoms with Crippen LogP contribution in [0, 0.1) is 5.41 Å². The molecular weight excluding hydrogens is 286 g/mol. The normalized spacial score (nSPS) is 12.2. The molecule has 0 atom stereocenters. The zero-order valence-electron chi connectivity index (χ0n) is 14.3. The first-order valence-electron chi connectivity index (χ1n) is 7.86. The van der Waals surface area contributed by atoms with Crippen LogP contribution in [0.1, 0.15) is 41.0 Å². The molecule has 1 nitrogen and oxygen atoms in total. The van der Waals surface area contributed by atoms with Crippen molar-refractivity contribution in [2.24, 2.45) is 5.41 Å². The van der Waals surface area contributed by atoms with E-state index < -0.39 is 0 Å². The van der Waals surface area contributed by atoms with Crippen LogP contribution in [0.25, 0.3) is 0 Å². The first-order valence-corrected chi connectivity index (χ1v) is 8.64. The van der Waals surface area contributed by atoms with Gasteiger partial charge >= 0.3 is 0 Å². The fourth-order valence-corrected chi connectivity index (χ4v) is 4.38. The average Bonchev–Trinajstić information content (AvgIpc) is 2.44. The number of hydrogen-bond donors (Lipinski definition) is 0. The highest BCUT2D eigenvalue weighted by molar-refractivity contribution is 8.02. The SMILES string of the molecule is CC(C)(C)CC(C)(C)SN(c1ccccc1)c1ccccc1. The zero-order chi connectivity index (χ0) is 16.2. The number of nitrogens with zero attached hydrogens (tertiary/aromatic N) is 1. The largest absolute Gasteiger partial charge is 0.284 e. The second-order valence-corrected chi connectivity index (χ2v) is 9.21. The highest BCUT2D eigenvalue weighted by Gasteiger charge is 2.29. The summed E-state index contributed by atoms with van der Waals surface area (Å²) in [5.41, 5.74) is 2.76. The lowest BCUT2D eigenvalue weighted by Crippen LogP contribution is -2.28. The van der Waals surface area contributed by atoms with Crippen molar-refractivity contribution in [2.75, 3.05) is 4.31 Å². The monoisotopic (exact) mass is 313 g/mol. The summed E-state index contributed by atoms with van der Waals surface area (Å²) in [4.78, 5) is 0. The maximum Gasteiger partial charge on any atom is 0.0525 e. The van der Waals surface area contributed by atoms with Crippen molar-refractivity contribution >= 4 is 23.3 Å². The van der Waals surface area contributed by atoms with Gasteiger partial charge in [-0.3, -0.25) is 4.31 Å². The molecule has 0 unspecified atom stereocenters. The second-order valence-electron chi connectivity index (χ2n) is 7.55. The first kappa shape index (κ1) is 17.0. The molecule has 0 heterocycles. The summed E-state index contributed by atoms with van der Waals surface area (Å²) in [7, 11) is 0. The van der Waals surface area contributed by atoms with E-state index >= 15 is 0 Å². The molecule has 0 saturated carbocycles. The van der Waals surface area contributed by atoms with Gasteiger partial charge in [-0.2, -0.15) is 0 Å². The number of anilines is 2. The molecule has 0 amide bonds. The third kappa shape index (κ3) is 5.10. The van der Waals surface area contributed by atoms with Crippen molar-refractivity contribution in [3.63, 3.8) is 0 Å². The number of hydrogen-bond acceptors (Lipinski definition) is 2. The Morgan fingerprint density at radius 2 is 1.14 bits per heavy atom. The number of rotatable bonds is 5. The Balaban J connectivity index is 2.30. The van der Waals surface area contributed by atoms with Gasteiger partial charge < -0.3 is 0 Å². The highest BCUT2D eigenvalue weighted by atomic mass is 32.2. The van der Waals surface area contributed by atoms with Gasteiger partial charge in [-0.1, -0.05) is 57.2 Å². The van der Waals surface area contributed by atoms with Gasteiger partial charge in [0.15, 0.2) is 0 Å². The number of para-hydroxylation sites is 2. The predicted octanol–water partition coefficient (Wildman–Crippen LogP) is 6.69. The van der Waals surface area contributed by atoms with Crippen LogP contribution in [0.2, 0.25) is 0 Å². The van der Waals surface area contributed by atoms with Crippen LogP contribution in [0.5, 0.6) is 0 Å². The van der Waals surface area contributed by atoms with Crippen LogP contribution in [0.4, 0.5) is 11.4 Å². The van der Waals surface area contributed by atoms with Gasteiger partial charge in [0.25, 0.3) is 0 Å². The molecule has 0 bridgehead atoms. The summed E-state index contributed by atoms with van der Waals surface area (Å²) < 4.78 is 2.51. The Kier molecular flexibility index (Phi) is 5.23. The van der Waals surface area contributed by atoms with Gasteiger partial charge in [-0.25, -0.2) is 0 Å². The summed E-state index contributed by atoms with van der Waals surface area (Å²) >= 11 is 1.91. The fourth-order valence-electron chi connectivity index (χ4n) is 2.94. The van der Waals surface area contributed by atoms with E-state index in [4.69, 9.17) is 0 Å². The third-order valence-corrected chi connectivity index (χ3v) is 4.52. The first-order chi connectivity index (χ1) is 10.3. The van der Waals surface area contributed by atoms with Gasteiger partial charge in [-0.15, -0.1) is 0 Å². The van der Waals surface area contributed by atoms with E-state index in [0.717, 1.165) is 6.42 Å². The van der Waals surface area contributed by atoms with E-state index in [0.29, 0.717) is 5.41 Å². The van der Waals surface area contributed by atoms with Crippen molar-refractivity contribution in [1.29, 1.82) is 0 Å². The Bertz CT molecular complexity index is 530. The molecule has 2 rings (SSSR count). The minimum absolute atomic E-state index is 0.157. The Labute approximate surface area is 139 Å². The van der Waals surface area contributed by atoms with Crippen LogP contribution in [-0.4, -0.2) is 4.75 Å². The summed E-state index contributed by atoms with van der Waals surface area (Å²) in [5.74, 6) is 0. The van der Waals surface area contributed by atoms with E-state index in [-0.39, 0.29) is 4.75 Å². The van der Waals surface area contributed by atoms with Crippen molar-refractivity contribution < 1.29 is 0 Å². The second kappa shape index (κ2) is 6.78. The minimum Gasteiger partial charge on any atom is -0.284 e.